The molecule has 0 saturated carbocycles. The van der Waals surface area contributed by atoms with Crippen molar-refractivity contribution in [3.8, 4) is 12.3 Å². The maximum Gasteiger partial charge on any atom is 0.271 e. The Morgan fingerprint density at radius 1 is 1.30 bits per heavy atom. The first kappa shape index (κ1) is 22.8. The van der Waals surface area contributed by atoms with Crippen molar-refractivity contribution in [1.82, 2.24) is 8.87 Å². The van der Waals surface area contributed by atoms with Crippen LogP contribution in [0.5, 0.6) is 0 Å². The Balaban J connectivity index is 1.74. The molecule has 1 atom stereocenters. The van der Waals surface area contributed by atoms with Gasteiger partial charge in [0.05, 0.1) is 26.6 Å². The number of amides is 1. The third-order valence-corrected chi connectivity index (χ3v) is 8.43. The quantitative estimate of drug-likeness (QED) is 0.314. The molecule has 11 heteroatoms. The Morgan fingerprint density at radius 2 is 2.03 bits per heavy atom. The molecule has 1 aliphatic rings. The molecule has 1 fully saturated rings. The van der Waals surface area contributed by atoms with Crippen molar-refractivity contribution >= 4 is 43.2 Å². The van der Waals surface area contributed by atoms with Crippen molar-refractivity contribution in [2.45, 2.75) is 37.2 Å². The van der Waals surface area contributed by atoms with Crippen LogP contribution in [0.3, 0.4) is 0 Å². The highest BCUT2D eigenvalue weighted by Crippen LogP contribution is 2.27. The lowest BCUT2D eigenvalue weighted by atomic mass is 10.2. The van der Waals surface area contributed by atoms with Crippen LogP contribution >= 0.6 is 11.3 Å². The summed E-state index contributed by atoms with van der Waals surface area (Å²) in [6, 6.07) is 9.90. The van der Waals surface area contributed by atoms with Gasteiger partial charge in [-0.15, -0.1) is 6.42 Å². The van der Waals surface area contributed by atoms with Crippen molar-refractivity contribution in [2.75, 3.05) is 6.54 Å². The van der Waals surface area contributed by atoms with Crippen LogP contribution in [0.4, 0.5) is 5.69 Å². The van der Waals surface area contributed by atoms with E-state index in [1.165, 1.54) is 39.9 Å². The first-order valence-electron chi connectivity index (χ1n) is 10.1. The number of sulfonamides is 1. The van der Waals surface area contributed by atoms with Gasteiger partial charge in [0.2, 0.25) is 10.0 Å². The van der Waals surface area contributed by atoms with Crippen molar-refractivity contribution in [3.05, 3.63) is 62.9 Å². The van der Waals surface area contributed by atoms with Crippen molar-refractivity contribution in [3.63, 3.8) is 0 Å². The molecule has 2 heterocycles. The second kappa shape index (κ2) is 8.90. The number of thiazole rings is 1. The third-order valence-electron chi connectivity index (χ3n) is 5.45. The van der Waals surface area contributed by atoms with E-state index in [2.05, 4.69) is 10.9 Å². The van der Waals surface area contributed by atoms with Crippen LogP contribution in [-0.4, -0.2) is 40.7 Å². The second-order valence-corrected chi connectivity index (χ2v) is 10.5. The smallest absolute Gasteiger partial charge is 0.271 e. The molecule has 1 aliphatic heterocycles. The number of hydrogen-bond acceptors (Lipinski definition) is 6. The number of aryl methyl sites for hydroxylation is 1. The molecule has 2 aromatic carbocycles. The average Bonchev–Trinajstić information content (AvgIpc) is 3.40. The predicted molar refractivity (Wildman–Crippen MR) is 124 cm³/mol. The Labute approximate surface area is 194 Å². The Bertz CT molecular complexity index is 1460. The zero-order valence-corrected chi connectivity index (χ0v) is 19.3. The summed E-state index contributed by atoms with van der Waals surface area (Å²) in [5.41, 5.74) is 1.32. The SMILES string of the molecule is C#CCn1c(=NC(=O)C2CCCN2S(=O)(=O)c2ccc(C)cc2)sc2ccc([N+](=O)[O-])cc21. The third kappa shape index (κ3) is 4.32. The molecule has 0 spiro atoms. The first-order valence-corrected chi connectivity index (χ1v) is 12.4. The summed E-state index contributed by atoms with van der Waals surface area (Å²) < 4.78 is 29.8. The van der Waals surface area contributed by atoms with E-state index in [-0.39, 0.29) is 28.5 Å². The number of carbonyl (C=O) groups excluding carboxylic acids is 1. The molecule has 0 N–H and O–H groups in total. The summed E-state index contributed by atoms with van der Waals surface area (Å²) in [7, 11) is -3.86. The number of terminal acetylenes is 1. The van der Waals surface area contributed by atoms with Gasteiger partial charge in [0, 0.05) is 18.7 Å². The maximum atomic E-state index is 13.2. The largest absolute Gasteiger partial charge is 0.304 e. The van der Waals surface area contributed by atoms with E-state index in [0.717, 1.165) is 5.56 Å². The minimum absolute atomic E-state index is 0.0589. The highest BCUT2D eigenvalue weighted by molar-refractivity contribution is 7.89. The fourth-order valence-corrected chi connectivity index (χ4v) is 6.46. The predicted octanol–water partition coefficient (Wildman–Crippen LogP) is 2.83. The summed E-state index contributed by atoms with van der Waals surface area (Å²) in [6.45, 7) is 2.15. The van der Waals surface area contributed by atoms with Gasteiger partial charge in [-0.3, -0.25) is 14.9 Å². The topological polar surface area (TPSA) is 115 Å². The molecule has 1 unspecified atom stereocenters. The number of nitro benzene ring substituents is 1. The lowest BCUT2D eigenvalue weighted by molar-refractivity contribution is -0.384. The number of aromatic nitrogens is 1. The number of carbonyl (C=O) groups is 1. The molecule has 4 rings (SSSR count). The Hall–Kier alpha value is -3.33. The first-order chi connectivity index (χ1) is 15.7. The second-order valence-electron chi connectivity index (χ2n) is 7.62. The Morgan fingerprint density at radius 3 is 2.70 bits per heavy atom. The van der Waals surface area contributed by atoms with Crippen LogP contribution < -0.4 is 4.80 Å². The van der Waals surface area contributed by atoms with Crippen LogP contribution in [0.1, 0.15) is 18.4 Å². The van der Waals surface area contributed by atoms with E-state index in [0.29, 0.717) is 23.1 Å². The zero-order chi connectivity index (χ0) is 23.8. The molecule has 0 radical (unpaired) electrons. The van der Waals surface area contributed by atoms with Gasteiger partial charge in [0.25, 0.3) is 11.6 Å². The van der Waals surface area contributed by atoms with Crippen LogP contribution in [-0.2, 0) is 21.4 Å². The van der Waals surface area contributed by atoms with Crippen LogP contribution in [0.2, 0.25) is 0 Å². The summed E-state index contributed by atoms with van der Waals surface area (Å²) in [6.07, 6.45) is 6.37. The minimum Gasteiger partial charge on any atom is -0.304 e. The van der Waals surface area contributed by atoms with Gasteiger partial charge in [-0.1, -0.05) is 35.0 Å². The Kier molecular flexibility index (Phi) is 6.16. The van der Waals surface area contributed by atoms with E-state index in [1.807, 2.05) is 6.92 Å². The van der Waals surface area contributed by atoms with Gasteiger partial charge in [-0.05, 0) is 38.0 Å². The highest BCUT2D eigenvalue weighted by atomic mass is 32.2. The minimum atomic E-state index is -3.86. The van der Waals surface area contributed by atoms with Crippen molar-refractivity contribution in [1.29, 1.82) is 0 Å². The van der Waals surface area contributed by atoms with E-state index >= 15 is 0 Å². The van der Waals surface area contributed by atoms with Crippen LogP contribution in [0.15, 0.2) is 52.4 Å². The van der Waals surface area contributed by atoms with Crippen molar-refractivity contribution in [2.24, 2.45) is 4.99 Å². The van der Waals surface area contributed by atoms with Gasteiger partial charge >= 0.3 is 0 Å². The molecular formula is C22H20N4O5S2. The summed E-state index contributed by atoms with van der Waals surface area (Å²) >= 11 is 1.17. The molecule has 33 heavy (non-hydrogen) atoms. The molecule has 3 aromatic rings. The number of fused-ring (bicyclic) bond motifs is 1. The van der Waals surface area contributed by atoms with E-state index in [1.54, 1.807) is 22.8 Å². The molecule has 9 nitrogen and oxygen atoms in total. The zero-order valence-electron chi connectivity index (χ0n) is 17.7. The van der Waals surface area contributed by atoms with Gasteiger partial charge < -0.3 is 4.57 Å². The fraction of sp³-hybridized carbons (Fsp3) is 0.273. The average molecular weight is 485 g/mol. The standard InChI is InChI=1S/C22H20N4O5S2/c1-3-12-24-19-14-16(26(28)29)8-11-20(19)32-22(24)23-21(27)18-5-4-13-25(18)33(30,31)17-9-6-15(2)7-10-17/h1,6-11,14,18H,4-5,12-13H2,2H3. The van der Waals surface area contributed by atoms with E-state index in [4.69, 9.17) is 6.42 Å². The normalized spacial score (nSPS) is 17.3. The van der Waals surface area contributed by atoms with Gasteiger partial charge in [0.1, 0.15) is 6.04 Å². The summed E-state index contributed by atoms with van der Waals surface area (Å²) in [5.74, 6) is 1.89. The molecule has 1 saturated heterocycles. The molecule has 1 aromatic heterocycles. The van der Waals surface area contributed by atoms with Gasteiger partial charge in [-0.25, -0.2) is 8.42 Å². The number of nitrogens with zero attached hydrogens (tertiary/aromatic N) is 4. The molecule has 0 bridgehead atoms. The van der Waals surface area contributed by atoms with Crippen LogP contribution in [0, 0.1) is 29.4 Å². The number of nitro groups is 1. The van der Waals surface area contributed by atoms with Crippen molar-refractivity contribution < 1.29 is 18.1 Å². The van der Waals surface area contributed by atoms with Gasteiger partial charge in [-0.2, -0.15) is 9.30 Å². The molecular weight excluding hydrogens is 464 g/mol. The van der Waals surface area contributed by atoms with Crippen LogP contribution in [0.25, 0.3) is 10.2 Å². The van der Waals surface area contributed by atoms with E-state index < -0.39 is 26.9 Å². The fourth-order valence-electron chi connectivity index (χ4n) is 3.79. The summed E-state index contributed by atoms with van der Waals surface area (Å²) in [5, 5.41) is 11.2. The molecule has 1 amide bonds. The number of non-ortho nitro benzene ring substituents is 1. The maximum absolute atomic E-state index is 13.2. The number of hydrogen-bond donors (Lipinski definition) is 0. The molecule has 170 valence electrons. The molecule has 0 aliphatic carbocycles. The summed E-state index contributed by atoms with van der Waals surface area (Å²) in [4.78, 5) is 28.4. The lowest BCUT2D eigenvalue weighted by Gasteiger charge is -2.21. The lowest BCUT2D eigenvalue weighted by Crippen LogP contribution is -2.40. The van der Waals surface area contributed by atoms with E-state index in [9.17, 15) is 23.3 Å². The van der Waals surface area contributed by atoms with Gasteiger partial charge in [0.15, 0.2) is 4.80 Å². The monoisotopic (exact) mass is 484 g/mol. The highest BCUT2D eigenvalue weighted by Gasteiger charge is 2.39. The number of rotatable bonds is 5. The number of benzene rings is 2.